The molecule has 2 saturated carbocycles. The molecule has 1 unspecified atom stereocenters. The van der Waals surface area contributed by atoms with Crippen LogP contribution in [0.15, 0.2) is 0 Å². The van der Waals surface area contributed by atoms with Gasteiger partial charge in [-0.25, -0.2) is 0 Å². The topological polar surface area (TPSA) is 24.5 Å². The third kappa shape index (κ3) is 4.94. The third-order valence-corrected chi connectivity index (χ3v) is 5.65. The second kappa shape index (κ2) is 7.43. The van der Waals surface area contributed by atoms with Gasteiger partial charge in [0.2, 0.25) is 0 Å². The fourth-order valence-electron chi connectivity index (χ4n) is 4.28. The minimum Gasteiger partial charge on any atom is -0.377 e. The first-order valence-electron chi connectivity index (χ1n) is 9.29. The Morgan fingerprint density at radius 2 is 1.86 bits per heavy atom. The number of ether oxygens (including phenoxy) is 1. The van der Waals surface area contributed by atoms with Gasteiger partial charge in [-0.3, -0.25) is 0 Å². The van der Waals surface area contributed by atoms with E-state index < -0.39 is 0 Å². The summed E-state index contributed by atoms with van der Waals surface area (Å²) in [5.41, 5.74) is 0.532. The van der Waals surface area contributed by atoms with Crippen LogP contribution in [-0.4, -0.2) is 50.3 Å². The number of rotatable bonds is 7. The van der Waals surface area contributed by atoms with E-state index in [0.717, 1.165) is 19.2 Å². The Bertz CT molecular complexity index is 304. The van der Waals surface area contributed by atoms with E-state index in [1.54, 1.807) is 0 Å². The summed E-state index contributed by atoms with van der Waals surface area (Å²) < 4.78 is 5.92. The van der Waals surface area contributed by atoms with Crippen molar-refractivity contribution in [1.82, 2.24) is 10.2 Å². The molecule has 122 valence electrons. The lowest BCUT2D eigenvalue weighted by atomic mass is 9.73. The van der Waals surface area contributed by atoms with Gasteiger partial charge in [-0.15, -0.1) is 0 Å². The first-order chi connectivity index (χ1) is 10.3. The molecule has 3 fully saturated rings. The highest BCUT2D eigenvalue weighted by Crippen LogP contribution is 2.37. The standard InChI is InChI=1S/C18H34N2O/c1-20(13-17-7-3-6-12-21-17)15-18(10-4-2-5-11-18)14-19-16-8-9-16/h16-17,19H,2-15H2,1H3. The van der Waals surface area contributed by atoms with Crippen molar-refractivity contribution in [2.24, 2.45) is 5.41 Å². The molecule has 0 spiro atoms. The summed E-state index contributed by atoms with van der Waals surface area (Å²) in [6.07, 6.45) is 14.3. The summed E-state index contributed by atoms with van der Waals surface area (Å²) in [5, 5.41) is 3.82. The highest BCUT2D eigenvalue weighted by Gasteiger charge is 2.35. The molecule has 3 nitrogen and oxygen atoms in total. The molecule has 1 saturated heterocycles. The average molecular weight is 294 g/mol. The van der Waals surface area contributed by atoms with Crippen LogP contribution in [0.2, 0.25) is 0 Å². The van der Waals surface area contributed by atoms with Gasteiger partial charge in [-0.1, -0.05) is 19.3 Å². The zero-order chi connectivity index (χ0) is 14.5. The predicted octanol–water partition coefficient (Wildman–Crippen LogP) is 3.19. The van der Waals surface area contributed by atoms with Crippen LogP contribution in [-0.2, 0) is 4.74 Å². The molecule has 0 radical (unpaired) electrons. The fraction of sp³-hybridized carbons (Fsp3) is 1.00. The van der Waals surface area contributed by atoms with Crippen LogP contribution in [0.5, 0.6) is 0 Å². The van der Waals surface area contributed by atoms with Crippen LogP contribution in [0, 0.1) is 5.41 Å². The molecule has 3 aliphatic rings. The summed E-state index contributed by atoms with van der Waals surface area (Å²) in [4.78, 5) is 2.57. The quantitative estimate of drug-likeness (QED) is 0.780. The second-order valence-corrected chi connectivity index (χ2v) is 7.90. The Kier molecular flexibility index (Phi) is 5.58. The summed E-state index contributed by atoms with van der Waals surface area (Å²) in [7, 11) is 2.31. The first-order valence-corrected chi connectivity index (χ1v) is 9.29. The molecule has 3 rings (SSSR count). The van der Waals surface area contributed by atoms with Crippen molar-refractivity contribution in [3.05, 3.63) is 0 Å². The van der Waals surface area contributed by atoms with E-state index in [1.807, 2.05) is 0 Å². The zero-order valence-corrected chi connectivity index (χ0v) is 13.9. The van der Waals surface area contributed by atoms with E-state index >= 15 is 0 Å². The fourth-order valence-corrected chi connectivity index (χ4v) is 4.28. The number of likely N-dealkylation sites (N-methyl/N-ethyl adjacent to an activating group) is 1. The Balaban J connectivity index is 1.49. The van der Waals surface area contributed by atoms with E-state index in [4.69, 9.17) is 4.74 Å². The predicted molar refractivity (Wildman–Crippen MR) is 87.6 cm³/mol. The average Bonchev–Trinajstić information content (AvgIpc) is 3.31. The van der Waals surface area contributed by atoms with Gasteiger partial charge in [0.25, 0.3) is 0 Å². The molecule has 0 aromatic heterocycles. The first kappa shape index (κ1) is 15.8. The van der Waals surface area contributed by atoms with Crippen molar-refractivity contribution in [3.63, 3.8) is 0 Å². The summed E-state index contributed by atoms with van der Waals surface area (Å²) in [6, 6.07) is 0.843. The molecule has 0 aromatic rings. The van der Waals surface area contributed by atoms with Crippen molar-refractivity contribution >= 4 is 0 Å². The summed E-state index contributed by atoms with van der Waals surface area (Å²) in [6.45, 7) is 4.61. The summed E-state index contributed by atoms with van der Waals surface area (Å²) >= 11 is 0. The van der Waals surface area contributed by atoms with Crippen LogP contribution in [0.4, 0.5) is 0 Å². The van der Waals surface area contributed by atoms with E-state index in [1.165, 1.54) is 77.3 Å². The van der Waals surface area contributed by atoms with Gasteiger partial charge in [0.1, 0.15) is 0 Å². The Labute approximate surface area is 130 Å². The molecule has 0 bridgehead atoms. The van der Waals surface area contributed by atoms with Crippen LogP contribution in [0.3, 0.4) is 0 Å². The van der Waals surface area contributed by atoms with Gasteiger partial charge in [0.15, 0.2) is 0 Å². The second-order valence-electron chi connectivity index (χ2n) is 7.90. The third-order valence-electron chi connectivity index (χ3n) is 5.65. The van der Waals surface area contributed by atoms with Gasteiger partial charge in [-0.2, -0.15) is 0 Å². The largest absolute Gasteiger partial charge is 0.377 e. The molecule has 3 heteroatoms. The lowest BCUT2D eigenvalue weighted by molar-refractivity contribution is -0.0106. The number of hydrogen-bond acceptors (Lipinski definition) is 3. The monoisotopic (exact) mass is 294 g/mol. The molecule has 0 amide bonds. The zero-order valence-electron chi connectivity index (χ0n) is 13.9. The number of nitrogens with zero attached hydrogens (tertiary/aromatic N) is 1. The smallest absolute Gasteiger partial charge is 0.0701 e. The lowest BCUT2D eigenvalue weighted by Crippen LogP contribution is -2.46. The maximum Gasteiger partial charge on any atom is 0.0701 e. The molecule has 1 heterocycles. The molecule has 1 N–H and O–H groups in total. The maximum atomic E-state index is 5.92. The van der Waals surface area contributed by atoms with E-state index in [-0.39, 0.29) is 0 Å². The van der Waals surface area contributed by atoms with E-state index in [9.17, 15) is 0 Å². The molecular formula is C18H34N2O. The van der Waals surface area contributed by atoms with E-state index in [0.29, 0.717) is 11.5 Å². The minimum absolute atomic E-state index is 0.487. The highest BCUT2D eigenvalue weighted by atomic mass is 16.5. The minimum atomic E-state index is 0.487. The molecular weight excluding hydrogens is 260 g/mol. The maximum absolute atomic E-state index is 5.92. The van der Waals surface area contributed by atoms with Gasteiger partial charge in [0, 0.05) is 32.3 Å². The van der Waals surface area contributed by atoms with Crippen molar-refractivity contribution in [1.29, 1.82) is 0 Å². The van der Waals surface area contributed by atoms with Crippen molar-refractivity contribution < 1.29 is 4.74 Å². The van der Waals surface area contributed by atoms with Crippen molar-refractivity contribution in [3.8, 4) is 0 Å². The van der Waals surface area contributed by atoms with Gasteiger partial charge < -0.3 is 15.0 Å². The molecule has 1 aliphatic heterocycles. The highest BCUT2D eigenvalue weighted by molar-refractivity contribution is 4.91. The molecule has 0 aromatic carbocycles. The van der Waals surface area contributed by atoms with Crippen LogP contribution in [0.25, 0.3) is 0 Å². The Morgan fingerprint density at radius 1 is 1.05 bits per heavy atom. The normalized spacial score (nSPS) is 29.7. The van der Waals surface area contributed by atoms with Gasteiger partial charge in [-0.05, 0) is 57.4 Å². The summed E-state index contributed by atoms with van der Waals surface area (Å²) in [5.74, 6) is 0. The molecule has 2 aliphatic carbocycles. The van der Waals surface area contributed by atoms with Crippen LogP contribution < -0.4 is 5.32 Å². The molecule has 21 heavy (non-hydrogen) atoms. The Morgan fingerprint density at radius 3 is 2.52 bits per heavy atom. The van der Waals surface area contributed by atoms with Gasteiger partial charge >= 0.3 is 0 Å². The Hall–Kier alpha value is -0.120. The van der Waals surface area contributed by atoms with Crippen LogP contribution >= 0.6 is 0 Å². The van der Waals surface area contributed by atoms with Gasteiger partial charge in [0.05, 0.1) is 6.10 Å². The lowest BCUT2D eigenvalue weighted by Gasteiger charge is -2.41. The van der Waals surface area contributed by atoms with Crippen molar-refractivity contribution in [2.45, 2.75) is 76.4 Å². The number of nitrogens with one attached hydrogen (secondary N) is 1. The molecule has 1 atom stereocenters. The SMILES string of the molecule is CN(CC1CCCCO1)CC1(CNC2CC2)CCCCC1. The van der Waals surface area contributed by atoms with Crippen LogP contribution in [0.1, 0.15) is 64.2 Å². The van der Waals surface area contributed by atoms with E-state index in [2.05, 4.69) is 17.3 Å². The van der Waals surface area contributed by atoms with Crippen molar-refractivity contribution in [2.75, 3.05) is 33.3 Å². The number of hydrogen-bond donors (Lipinski definition) is 1.